The molecule has 134 valence electrons. The van der Waals surface area contributed by atoms with Crippen LogP contribution in [-0.2, 0) is 10.3 Å². The van der Waals surface area contributed by atoms with Crippen molar-refractivity contribution in [2.45, 2.75) is 12.0 Å². The molecule has 0 bridgehead atoms. The molecule has 0 saturated carbocycles. The van der Waals surface area contributed by atoms with E-state index < -0.39 is 11.6 Å². The van der Waals surface area contributed by atoms with E-state index in [0.717, 1.165) is 0 Å². The second-order valence-corrected chi connectivity index (χ2v) is 6.57. The zero-order chi connectivity index (χ0) is 18.1. The van der Waals surface area contributed by atoms with Crippen LogP contribution < -0.4 is 14.8 Å². The standard InChI is InChI=1S/C19H17ClN2O4/c20-14-6-2-4-8-16(14)26-12-10-22-17(23)19(21-18(22)24)9-11-25-15-7-3-1-5-13(15)19/h1-8H,9-12H2,(H,21,24). The number of carbonyl (C=O) groups is 2. The molecule has 3 amide bonds. The molecule has 2 aliphatic rings. The van der Waals surface area contributed by atoms with Gasteiger partial charge in [-0.25, -0.2) is 4.79 Å². The van der Waals surface area contributed by atoms with E-state index in [1.54, 1.807) is 24.3 Å². The summed E-state index contributed by atoms with van der Waals surface area (Å²) in [5.74, 6) is 0.870. The Balaban J connectivity index is 1.51. The smallest absolute Gasteiger partial charge is 0.325 e. The monoisotopic (exact) mass is 372 g/mol. The average Bonchev–Trinajstić information content (AvgIpc) is 2.88. The lowest BCUT2D eigenvalue weighted by Crippen LogP contribution is -2.47. The minimum atomic E-state index is -1.06. The minimum absolute atomic E-state index is 0.140. The van der Waals surface area contributed by atoms with E-state index in [1.165, 1.54) is 4.90 Å². The van der Waals surface area contributed by atoms with Gasteiger partial charge in [-0.1, -0.05) is 41.9 Å². The molecule has 0 aliphatic carbocycles. The van der Waals surface area contributed by atoms with Gasteiger partial charge in [-0.3, -0.25) is 9.69 Å². The molecule has 6 nitrogen and oxygen atoms in total. The fourth-order valence-corrected chi connectivity index (χ4v) is 3.57. The molecule has 7 heteroatoms. The van der Waals surface area contributed by atoms with Gasteiger partial charge in [0, 0.05) is 12.0 Å². The van der Waals surface area contributed by atoms with Crippen LogP contribution in [0.1, 0.15) is 12.0 Å². The highest BCUT2D eigenvalue weighted by Crippen LogP contribution is 2.40. The van der Waals surface area contributed by atoms with Crippen molar-refractivity contribution < 1.29 is 19.1 Å². The number of ether oxygens (including phenoxy) is 2. The van der Waals surface area contributed by atoms with Gasteiger partial charge >= 0.3 is 6.03 Å². The Morgan fingerprint density at radius 3 is 2.77 bits per heavy atom. The number of para-hydroxylation sites is 2. The maximum atomic E-state index is 13.1. The third-order valence-corrected chi connectivity index (χ3v) is 4.98. The van der Waals surface area contributed by atoms with Crippen molar-refractivity contribution in [3.63, 3.8) is 0 Å². The summed E-state index contributed by atoms with van der Waals surface area (Å²) in [7, 11) is 0. The number of fused-ring (bicyclic) bond motifs is 2. The van der Waals surface area contributed by atoms with Crippen molar-refractivity contribution in [1.82, 2.24) is 10.2 Å². The maximum Gasteiger partial charge on any atom is 0.325 e. The number of hydrogen-bond acceptors (Lipinski definition) is 4. The van der Waals surface area contributed by atoms with Gasteiger partial charge in [0.25, 0.3) is 5.91 Å². The molecule has 1 spiro atoms. The Bertz CT molecular complexity index is 872. The zero-order valence-electron chi connectivity index (χ0n) is 13.9. The highest BCUT2D eigenvalue weighted by molar-refractivity contribution is 6.32. The summed E-state index contributed by atoms with van der Waals surface area (Å²) in [5.41, 5.74) is -0.366. The van der Waals surface area contributed by atoms with Crippen molar-refractivity contribution in [3.8, 4) is 11.5 Å². The third-order valence-electron chi connectivity index (χ3n) is 4.67. The SMILES string of the molecule is O=C1NC2(CCOc3ccccc32)C(=O)N1CCOc1ccccc1Cl. The van der Waals surface area contributed by atoms with Crippen molar-refractivity contribution in [2.75, 3.05) is 19.8 Å². The number of nitrogens with one attached hydrogen (secondary N) is 1. The van der Waals surface area contributed by atoms with E-state index in [2.05, 4.69) is 5.32 Å². The Morgan fingerprint density at radius 1 is 1.15 bits per heavy atom. The number of urea groups is 1. The quantitative estimate of drug-likeness (QED) is 0.838. The predicted molar refractivity (Wildman–Crippen MR) is 95.4 cm³/mol. The summed E-state index contributed by atoms with van der Waals surface area (Å²) in [6.07, 6.45) is 0.399. The molecule has 2 aromatic carbocycles. The number of amides is 3. The first kappa shape index (κ1) is 16.7. The van der Waals surface area contributed by atoms with E-state index in [-0.39, 0.29) is 19.1 Å². The number of halogens is 1. The third kappa shape index (κ3) is 2.66. The lowest BCUT2D eigenvalue weighted by atomic mass is 9.84. The van der Waals surface area contributed by atoms with Gasteiger partial charge in [0.2, 0.25) is 0 Å². The lowest BCUT2D eigenvalue weighted by molar-refractivity contribution is -0.132. The van der Waals surface area contributed by atoms with Gasteiger partial charge in [-0.2, -0.15) is 0 Å². The first-order valence-corrected chi connectivity index (χ1v) is 8.73. The summed E-state index contributed by atoms with van der Waals surface area (Å²) in [5, 5.41) is 3.35. The normalized spacial score (nSPS) is 21.3. The predicted octanol–water partition coefficient (Wildman–Crippen LogP) is 2.95. The van der Waals surface area contributed by atoms with E-state index in [1.807, 2.05) is 24.3 Å². The van der Waals surface area contributed by atoms with E-state index in [0.29, 0.717) is 35.1 Å². The number of nitrogens with zero attached hydrogens (tertiary/aromatic N) is 1. The number of rotatable bonds is 4. The second kappa shape index (κ2) is 6.53. The van der Waals surface area contributed by atoms with Gasteiger partial charge in [0.1, 0.15) is 18.1 Å². The fraction of sp³-hybridized carbons (Fsp3) is 0.263. The number of imide groups is 1. The van der Waals surface area contributed by atoms with Crippen LogP contribution in [0.5, 0.6) is 11.5 Å². The summed E-state index contributed by atoms with van der Waals surface area (Å²) >= 11 is 6.05. The second-order valence-electron chi connectivity index (χ2n) is 6.17. The molecule has 2 aliphatic heterocycles. The fourth-order valence-electron chi connectivity index (χ4n) is 3.38. The first-order chi connectivity index (χ1) is 12.6. The lowest BCUT2D eigenvalue weighted by Gasteiger charge is -2.33. The van der Waals surface area contributed by atoms with E-state index in [4.69, 9.17) is 21.1 Å². The van der Waals surface area contributed by atoms with Gasteiger partial charge < -0.3 is 14.8 Å². The van der Waals surface area contributed by atoms with Gasteiger partial charge in [-0.05, 0) is 18.2 Å². The van der Waals surface area contributed by atoms with Crippen molar-refractivity contribution in [2.24, 2.45) is 0 Å². The van der Waals surface area contributed by atoms with Crippen LogP contribution in [0, 0.1) is 0 Å². The molecule has 0 radical (unpaired) electrons. The number of benzene rings is 2. The summed E-state index contributed by atoms with van der Waals surface area (Å²) < 4.78 is 11.2. The van der Waals surface area contributed by atoms with E-state index >= 15 is 0 Å². The highest BCUT2D eigenvalue weighted by Gasteiger charge is 2.54. The van der Waals surface area contributed by atoms with Crippen molar-refractivity contribution in [3.05, 3.63) is 59.1 Å². The van der Waals surface area contributed by atoms with Gasteiger partial charge in [0.05, 0.1) is 18.2 Å². The highest BCUT2D eigenvalue weighted by atomic mass is 35.5. The van der Waals surface area contributed by atoms with Crippen LogP contribution in [0.3, 0.4) is 0 Å². The molecule has 1 N–H and O–H groups in total. The molecular formula is C19H17ClN2O4. The van der Waals surface area contributed by atoms with Crippen molar-refractivity contribution in [1.29, 1.82) is 0 Å². The molecule has 1 fully saturated rings. The zero-order valence-corrected chi connectivity index (χ0v) is 14.7. The van der Waals surface area contributed by atoms with Crippen LogP contribution in [0.15, 0.2) is 48.5 Å². The molecule has 0 aromatic heterocycles. The molecule has 26 heavy (non-hydrogen) atoms. The summed E-state index contributed by atoms with van der Waals surface area (Å²) in [6, 6.07) is 13.9. The number of carbonyl (C=O) groups excluding carboxylic acids is 2. The van der Waals surface area contributed by atoms with Crippen molar-refractivity contribution >= 4 is 23.5 Å². The van der Waals surface area contributed by atoms with Gasteiger partial charge in [0.15, 0.2) is 5.54 Å². The largest absolute Gasteiger partial charge is 0.493 e. The Hall–Kier alpha value is -2.73. The Kier molecular flexibility index (Phi) is 4.20. The molecule has 1 atom stereocenters. The molecule has 1 unspecified atom stereocenters. The maximum absolute atomic E-state index is 13.1. The average molecular weight is 373 g/mol. The van der Waals surface area contributed by atoms with E-state index in [9.17, 15) is 9.59 Å². The molecule has 4 rings (SSSR count). The van der Waals surface area contributed by atoms with Crippen LogP contribution in [-0.4, -0.2) is 36.6 Å². The molecule has 1 saturated heterocycles. The summed E-state index contributed by atoms with van der Waals surface area (Å²) in [6.45, 7) is 0.671. The Labute approximate surface area is 155 Å². The number of hydrogen-bond donors (Lipinski definition) is 1. The molecule has 2 aromatic rings. The summed E-state index contributed by atoms with van der Waals surface area (Å²) in [4.78, 5) is 26.7. The van der Waals surface area contributed by atoms with Gasteiger partial charge in [-0.15, -0.1) is 0 Å². The van der Waals surface area contributed by atoms with Crippen LogP contribution in [0.2, 0.25) is 5.02 Å². The van der Waals surface area contributed by atoms with Crippen LogP contribution in [0.4, 0.5) is 4.79 Å². The minimum Gasteiger partial charge on any atom is -0.493 e. The molecule has 2 heterocycles. The topological polar surface area (TPSA) is 67.9 Å². The van der Waals surface area contributed by atoms with Crippen LogP contribution in [0.25, 0.3) is 0 Å². The Morgan fingerprint density at radius 2 is 1.92 bits per heavy atom. The first-order valence-electron chi connectivity index (χ1n) is 8.35. The van der Waals surface area contributed by atoms with Crippen LogP contribution >= 0.6 is 11.6 Å². The molecular weight excluding hydrogens is 356 g/mol.